The van der Waals surface area contributed by atoms with Crippen molar-refractivity contribution < 1.29 is 60.6 Å². The van der Waals surface area contributed by atoms with E-state index in [2.05, 4.69) is 37.0 Å². The zero-order valence-electron chi connectivity index (χ0n) is 24.4. The third kappa shape index (κ3) is 11.9. The fourth-order valence-electron chi connectivity index (χ4n) is 3.82. The van der Waals surface area contributed by atoms with Crippen LogP contribution in [-0.2, 0) is 41.1 Å². The molecule has 1 aliphatic heterocycles. The van der Waals surface area contributed by atoms with Crippen LogP contribution in [0.25, 0.3) is 11.0 Å². The first-order valence-corrected chi connectivity index (χ1v) is 19.8. The van der Waals surface area contributed by atoms with Crippen LogP contribution in [0.15, 0.2) is 23.6 Å². The van der Waals surface area contributed by atoms with Crippen molar-refractivity contribution in [2.45, 2.75) is 43.5 Å². The molecule has 1 saturated heterocycles. The summed E-state index contributed by atoms with van der Waals surface area (Å²) in [6, 6.07) is 0. The Balaban J connectivity index is 1.79. The Bertz CT molecular complexity index is 1650. The maximum atomic E-state index is 12.9. The van der Waals surface area contributed by atoms with Crippen LogP contribution in [0.2, 0.25) is 0 Å². The molecule has 2 aromatic heterocycles. The fourth-order valence-corrected chi connectivity index (χ4v) is 8.95. The zero-order valence-corrected chi connectivity index (χ0v) is 28.7. The normalized spacial score (nSPS) is 21.4. The molecule has 0 radical (unpaired) electrons. The Hall–Kier alpha value is -1.53. The molecular weight excluding hydrogens is 715 g/mol. The van der Waals surface area contributed by atoms with E-state index < -0.39 is 54.1 Å². The molecule has 0 bridgehead atoms. The number of phosphoric ester groups is 1. The lowest BCUT2D eigenvalue weighted by atomic mass is 10.2. The second-order valence-electron chi connectivity index (χ2n) is 9.95. The van der Waals surface area contributed by atoms with Crippen LogP contribution in [0.1, 0.15) is 32.1 Å². The van der Waals surface area contributed by atoms with Gasteiger partial charge in [-0.15, -0.1) is 6.58 Å². The number of nitrogen functional groups attached to an aromatic ring is 1. The predicted molar refractivity (Wildman–Crippen MR) is 169 cm³/mol. The largest absolute Gasteiger partial charge is 0.490 e. The fraction of sp³-hybridized carbons (Fsp3) is 0.545. The number of nitrogens with one attached hydrogen (secondary N) is 1. The first kappa shape index (κ1) is 38.9. The number of hydrogen-bond acceptors (Lipinski definition) is 15. The van der Waals surface area contributed by atoms with Crippen LogP contribution in [0.4, 0.5) is 5.95 Å². The third-order valence-electron chi connectivity index (χ3n) is 5.74. The maximum absolute atomic E-state index is 12.9. The molecule has 19 nitrogen and oxygen atoms in total. The maximum Gasteiger partial charge on any atom is 0.490 e. The minimum absolute atomic E-state index is 0.0288. The van der Waals surface area contributed by atoms with E-state index in [4.69, 9.17) is 40.0 Å². The highest BCUT2D eigenvalue weighted by atomic mass is 33.1. The molecule has 5 atom stereocenters. The van der Waals surface area contributed by atoms with Gasteiger partial charge in [0, 0.05) is 23.9 Å². The molecule has 9 N–H and O–H groups in total. The highest BCUT2D eigenvalue weighted by Crippen LogP contribution is 2.66. The minimum atomic E-state index is -5.72. The third-order valence-corrected chi connectivity index (χ3v) is 12.5. The molecule has 1 aliphatic rings. The number of ether oxygens (including phenoxy) is 3. The smallest absolute Gasteiger partial charge is 0.371 e. The van der Waals surface area contributed by atoms with E-state index in [0.29, 0.717) is 12.5 Å². The summed E-state index contributed by atoms with van der Waals surface area (Å²) in [5, 5.41) is 0.111. The summed E-state index contributed by atoms with van der Waals surface area (Å²) in [7, 11) is -13.7. The lowest BCUT2D eigenvalue weighted by molar-refractivity contribution is -0.0549. The highest BCUT2D eigenvalue weighted by Gasteiger charge is 2.43. The molecule has 0 spiro atoms. The van der Waals surface area contributed by atoms with Crippen molar-refractivity contribution >= 4 is 62.0 Å². The van der Waals surface area contributed by atoms with Gasteiger partial charge in [0.15, 0.2) is 5.65 Å². The summed E-state index contributed by atoms with van der Waals surface area (Å²) >= 11 is 0. The molecule has 0 aliphatic carbocycles. The Labute approximate surface area is 270 Å². The molecule has 46 heavy (non-hydrogen) atoms. The second-order valence-corrected chi connectivity index (χ2v) is 17.3. The molecule has 0 saturated carbocycles. The number of anilines is 1. The average Bonchev–Trinajstić information content (AvgIpc) is 3.49. The van der Waals surface area contributed by atoms with Gasteiger partial charge < -0.3 is 49.8 Å². The SMILES string of the molecule is C=CCO[C@@H]1C[C@H](n2cc(C#CCOCSSC(C)(C)CN)c3c(=O)[nH]c(N)nc32)O[C@@H]1COP(=O)(O)OP(=O)(O)OP(=O)(O)O. The van der Waals surface area contributed by atoms with Crippen LogP contribution >= 0.6 is 45.1 Å². The molecule has 2 unspecified atom stereocenters. The lowest BCUT2D eigenvalue weighted by Crippen LogP contribution is -2.29. The van der Waals surface area contributed by atoms with Crippen molar-refractivity contribution in [3.05, 3.63) is 34.8 Å². The standard InChI is InChI=1S/C22H34N5O14P3S2/c1-4-7-37-15-9-17(39-16(15)11-38-43(32,33)41-44(34,35)40-42(29,30)31)27-10-14(18-19(27)25-21(24)26-20(18)28)6-5-8-36-13-45-46-22(2,3)12-23/h4,10,15-17H,1,7-9,11-13,23H2,2-3H3,(H,32,33)(H,34,35)(H2,29,30,31)(H3,24,25,26,28)/t15-,16-,17-/m1/s1. The summed E-state index contributed by atoms with van der Waals surface area (Å²) in [4.78, 5) is 56.2. The molecule has 1 fully saturated rings. The minimum Gasteiger partial charge on any atom is -0.371 e. The number of aromatic nitrogens is 3. The number of H-pyrrole nitrogens is 1. The number of hydrogen-bond donors (Lipinski definition) is 7. The van der Waals surface area contributed by atoms with Crippen molar-refractivity contribution in [3.63, 3.8) is 0 Å². The van der Waals surface area contributed by atoms with E-state index in [-0.39, 0.29) is 46.9 Å². The van der Waals surface area contributed by atoms with Crippen molar-refractivity contribution in [2.75, 3.05) is 38.0 Å². The molecule has 258 valence electrons. The number of nitrogens with two attached hydrogens (primary N) is 2. The number of fused-ring (bicyclic) bond motifs is 1. The van der Waals surface area contributed by atoms with Crippen LogP contribution < -0.4 is 17.0 Å². The van der Waals surface area contributed by atoms with E-state index in [1.165, 1.54) is 27.6 Å². The topological polar surface area (TPSA) is 290 Å². The van der Waals surface area contributed by atoms with Gasteiger partial charge in [-0.05, 0) is 13.8 Å². The summed E-state index contributed by atoms with van der Waals surface area (Å²) in [6.45, 7) is 7.42. The van der Waals surface area contributed by atoms with Crippen molar-refractivity contribution in [1.82, 2.24) is 14.5 Å². The van der Waals surface area contributed by atoms with E-state index >= 15 is 0 Å². The Morgan fingerprint density at radius 2 is 1.98 bits per heavy atom. The van der Waals surface area contributed by atoms with E-state index in [1.807, 2.05) is 13.8 Å². The monoisotopic (exact) mass is 749 g/mol. The molecular formula is C22H34N5O14P3S2. The van der Waals surface area contributed by atoms with Crippen LogP contribution in [0.5, 0.6) is 0 Å². The van der Waals surface area contributed by atoms with Crippen LogP contribution in [0.3, 0.4) is 0 Å². The summed E-state index contributed by atoms with van der Waals surface area (Å²) in [5.41, 5.74) is 11.3. The summed E-state index contributed by atoms with van der Waals surface area (Å²) < 4.78 is 65.7. The quantitative estimate of drug-likeness (QED) is 0.0304. The second kappa shape index (κ2) is 16.2. The summed E-state index contributed by atoms with van der Waals surface area (Å²) in [5.74, 6) is 5.91. The van der Waals surface area contributed by atoms with Crippen molar-refractivity contribution in [1.29, 1.82) is 0 Å². The van der Waals surface area contributed by atoms with Gasteiger partial charge in [0.05, 0.1) is 30.3 Å². The van der Waals surface area contributed by atoms with E-state index in [0.717, 1.165) is 0 Å². The van der Waals surface area contributed by atoms with Crippen LogP contribution in [-0.4, -0.2) is 83.4 Å². The predicted octanol–water partition coefficient (Wildman–Crippen LogP) is 1.95. The number of rotatable bonds is 17. The van der Waals surface area contributed by atoms with E-state index in [9.17, 15) is 28.3 Å². The summed E-state index contributed by atoms with van der Waals surface area (Å²) in [6.07, 6.45) is 0.176. The molecule has 3 rings (SSSR count). The zero-order chi connectivity index (χ0) is 34.3. The molecule has 3 heterocycles. The highest BCUT2D eigenvalue weighted by molar-refractivity contribution is 8.77. The number of phosphoric acid groups is 3. The van der Waals surface area contributed by atoms with Gasteiger partial charge >= 0.3 is 23.5 Å². The molecule has 2 aromatic rings. The van der Waals surface area contributed by atoms with Gasteiger partial charge in [-0.3, -0.25) is 14.3 Å². The number of nitrogens with zero attached hydrogens (tertiary/aromatic N) is 2. The molecule has 0 amide bonds. The van der Waals surface area contributed by atoms with Gasteiger partial charge in [0.25, 0.3) is 5.56 Å². The molecule has 24 heteroatoms. The van der Waals surface area contributed by atoms with Gasteiger partial charge in [-0.2, -0.15) is 13.6 Å². The first-order valence-electron chi connectivity index (χ1n) is 13.0. The number of aromatic amines is 1. The average molecular weight is 750 g/mol. The van der Waals surface area contributed by atoms with Gasteiger partial charge in [0.1, 0.15) is 24.9 Å². The van der Waals surface area contributed by atoms with Gasteiger partial charge in [-0.1, -0.05) is 39.5 Å². The Morgan fingerprint density at radius 3 is 2.63 bits per heavy atom. The van der Waals surface area contributed by atoms with Gasteiger partial charge in [0.2, 0.25) is 5.95 Å². The van der Waals surface area contributed by atoms with Crippen molar-refractivity contribution in [3.8, 4) is 11.8 Å². The van der Waals surface area contributed by atoms with Crippen molar-refractivity contribution in [2.24, 2.45) is 5.73 Å². The Morgan fingerprint density at radius 1 is 1.26 bits per heavy atom. The van der Waals surface area contributed by atoms with Crippen LogP contribution in [0, 0.1) is 11.8 Å². The van der Waals surface area contributed by atoms with E-state index in [1.54, 1.807) is 10.8 Å². The Kier molecular flexibility index (Phi) is 13.7. The molecule has 0 aromatic carbocycles. The first-order chi connectivity index (χ1) is 21.4. The van der Waals surface area contributed by atoms with Gasteiger partial charge in [-0.25, -0.2) is 13.7 Å². The lowest BCUT2D eigenvalue weighted by Gasteiger charge is -2.21.